The van der Waals surface area contributed by atoms with Gasteiger partial charge < -0.3 is 36.6 Å². The van der Waals surface area contributed by atoms with Gasteiger partial charge in [-0.2, -0.15) is 0 Å². The average Bonchev–Trinajstić information content (AvgIpc) is 2.88. The van der Waals surface area contributed by atoms with E-state index in [1.165, 1.54) is 12.3 Å². The zero-order chi connectivity index (χ0) is 27.7. The highest BCUT2D eigenvalue weighted by molar-refractivity contribution is 5.98. The van der Waals surface area contributed by atoms with Crippen molar-refractivity contribution in [1.29, 1.82) is 0 Å². The van der Waals surface area contributed by atoms with Crippen molar-refractivity contribution in [3.05, 3.63) is 59.9 Å². The van der Waals surface area contributed by atoms with E-state index in [1.807, 2.05) is 26.2 Å². The van der Waals surface area contributed by atoms with E-state index in [0.717, 1.165) is 36.6 Å². The van der Waals surface area contributed by atoms with Gasteiger partial charge in [-0.1, -0.05) is 12.1 Å². The molecule has 2 amide bonds. The summed E-state index contributed by atoms with van der Waals surface area (Å²) >= 11 is 0. The normalized spacial score (nSPS) is 10.8. The molecule has 1 aromatic heterocycles. The summed E-state index contributed by atoms with van der Waals surface area (Å²) in [5, 5.41) is 19.2. The van der Waals surface area contributed by atoms with E-state index >= 15 is 0 Å². The predicted octanol–water partition coefficient (Wildman–Crippen LogP) is 3.03. The van der Waals surface area contributed by atoms with Crippen molar-refractivity contribution in [3.63, 3.8) is 0 Å². The number of rotatable bonds is 13. The first-order valence-electron chi connectivity index (χ1n) is 12.5. The van der Waals surface area contributed by atoms with Crippen LogP contribution in [0.4, 0.5) is 28.7 Å². The van der Waals surface area contributed by atoms with E-state index in [1.54, 1.807) is 24.3 Å². The number of primary amides is 1. The van der Waals surface area contributed by atoms with Gasteiger partial charge in [-0.05, 0) is 63.8 Å². The number of phenols is 1. The second kappa shape index (κ2) is 13.2. The number of nitrogens with zero attached hydrogens (tertiary/aromatic N) is 4. The summed E-state index contributed by atoms with van der Waals surface area (Å²) in [5.41, 5.74) is 9.12. The smallest absolute Gasteiger partial charge is 0.267 e. The van der Waals surface area contributed by atoms with E-state index < -0.39 is 5.91 Å². The van der Waals surface area contributed by atoms with Crippen molar-refractivity contribution in [3.8, 4) is 5.75 Å². The van der Waals surface area contributed by atoms with E-state index in [4.69, 9.17) is 5.73 Å². The highest BCUT2D eigenvalue weighted by atomic mass is 16.3. The van der Waals surface area contributed by atoms with E-state index in [0.29, 0.717) is 17.9 Å². The third-order valence-corrected chi connectivity index (χ3v) is 5.84. The first kappa shape index (κ1) is 28.2. The molecule has 0 radical (unpaired) electrons. The van der Waals surface area contributed by atoms with Gasteiger partial charge in [-0.3, -0.25) is 9.59 Å². The SMILES string of the molecule is CCN(CC)c1cc(NC(=O)Cc2ccc(O)cc2)c(Nc2nccc(C(N)=O)n2)cc1NCCN(C)C. The van der Waals surface area contributed by atoms with Crippen molar-refractivity contribution in [2.24, 2.45) is 5.73 Å². The predicted molar refractivity (Wildman–Crippen MR) is 151 cm³/mol. The number of likely N-dealkylation sites (N-methyl/N-ethyl adjacent to an activating group) is 1. The van der Waals surface area contributed by atoms with Crippen LogP contribution in [0.2, 0.25) is 0 Å². The Bertz CT molecular complexity index is 1240. The zero-order valence-electron chi connectivity index (χ0n) is 22.3. The van der Waals surface area contributed by atoms with Crippen LogP contribution in [-0.2, 0) is 11.2 Å². The molecule has 0 spiro atoms. The number of aromatic hydroxyl groups is 1. The highest BCUT2D eigenvalue weighted by Gasteiger charge is 2.17. The van der Waals surface area contributed by atoms with Gasteiger partial charge in [0, 0.05) is 32.4 Å². The Labute approximate surface area is 223 Å². The molecule has 0 fully saturated rings. The van der Waals surface area contributed by atoms with Crippen molar-refractivity contribution >= 4 is 40.5 Å². The molecule has 0 bridgehead atoms. The maximum absolute atomic E-state index is 13.0. The fraction of sp³-hybridized carbons (Fsp3) is 0.333. The minimum absolute atomic E-state index is 0.0736. The molecule has 11 heteroatoms. The maximum Gasteiger partial charge on any atom is 0.267 e. The van der Waals surface area contributed by atoms with Crippen LogP contribution in [0, 0.1) is 0 Å². The third kappa shape index (κ3) is 7.81. The minimum atomic E-state index is -0.666. The van der Waals surface area contributed by atoms with Gasteiger partial charge in [0.05, 0.1) is 29.2 Å². The van der Waals surface area contributed by atoms with Crippen LogP contribution in [0.25, 0.3) is 0 Å². The topological polar surface area (TPSA) is 149 Å². The van der Waals surface area contributed by atoms with Crippen molar-refractivity contribution in [2.45, 2.75) is 20.3 Å². The molecular weight excluding hydrogens is 484 g/mol. The number of nitrogens with two attached hydrogens (primary N) is 1. The van der Waals surface area contributed by atoms with Gasteiger partial charge in [0.15, 0.2) is 0 Å². The van der Waals surface area contributed by atoms with Gasteiger partial charge in [-0.25, -0.2) is 9.97 Å². The third-order valence-electron chi connectivity index (χ3n) is 5.84. The molecule has 0 unspecified atom stereocenters. The number of amides is 2. The van der Waals surface area contributed by atoms with E-state index in [2.05, 4.69) is 49.6 Å². The molecule has 0 atom stereocenters. The average molecular weight is 521 g/mol. The van der Waals surface area contributed by atoms with Gasteiger partial charge in [-0.15, -0.1) is 0 Å². The lowest BCUT2D eigenvalue weighted by Gasteiger charge is -2.27. The first-order valence-corrected chi connectivity index (χ1v) is 12.5. The minimum Gasteiger partial charge on any atom is -0.508 e. The fourth-order valence-electron chi connectivity index (χ4n) is 3.85. The Morgan fingerprint density at radius 1 is 1.00 bits per heavy atom. The molecule has 1 heterocycles. The molecule has 6 N–H and O–H groups in total. The Hall–Kier alpha value is -4.38. The molecule has 38 heavy (non-hydrogen) atoms. The summed E-state index contributed by atoms with van der Waals surface area (Å²) in [4.78, 5) is 37.4. The van der Waals surface area contributed by atoms with Gasteiger partial charge >= 0.3 is 0 Å². The lowest BCUT2D eigenvalue weighted by Crippen LogP contribution is -2.26. The molecule has 0 aliphatic rings. The summed E-state index contributed by atoms with van der Waals surface area (Å²) in [7, 11) is 4.02. The molecule has 0 saturated carbocycles. The number of carbonyl (C=O) groups excluding carboxylic acids is 2. The molecule has 3 aromatic rings. The number of hydrogen-bond donors (Lipinski definition) is 5. The molecular formula is C27H36N8O3. The van der Waals surface area contributed by atoms with Crippen LogP contribution in [0.5, 0.6) is 5.75 Å². The first-order chi connectivity index (χ1) is 18.2. The van der Waals surface area contributed by atoms with Gasteiger partial charge in [0.25, 0.3) is 5.91 Å². The van der Waals surface area contributed by atoms with Crippen molar-refractivity contribution in [1.82, 2.24) is 14.9 Å². The number of hydrogen-bond acceptors (Lipinski definition) is 9. The Morgan fingerprint density at radius 3 is 2.34 bits per heavy atom. The lowest BCUT2D eigenvalue weighted by atomic mass is 10.1. The summed E-state index contributed by atoms with van der Waals surface area (Å²) in [6.07, 6.45) is 1.57. The lowest BCUT2D eigenvalue weighted by molar-refractivity contribution is -0.115. The maximum atomic E-state index is 13.0. The number of anilines is 5. The highest BCUT2D eigenvalue weighted by Crippen LogP contribution is 2.37. The van der Waals surface area contributed by atoms with E-state index in [-0.39, 0.29) is 29.7 Å². The largest absolute Gasteiger partial charge is 0.508 e. The molecule has 0 saturated heterocycles. The van der Waals surface area contributed by atoms with Crippen LogP contribution in [-0.4, -0.2) is 72.1 Å². The second-order valence-corrected chi connectivity index (χ2v) is 8.96. The van der Waals surface area contributed by atoms with Crippen molar-refractivity contribution < 1.29 is 14.7 Å². The van der Waals surface area contributed by atoms with Crippen LogP contribution in [0.1, 0.15) is 29.9 Å². The number of carbonyl (C=O) groups is 2. The molecule has 11 nitrogen and oxygen atoms in total. The summed E-state index contributed by atoms with van der Waals surface area (Å²) in [6.45, 7) is 7.24. The molecule has 3 rings (SSSR count). The molecule has 2 aromatic carbocycles. The Kier molecular flexibility index (Phi) is 9.83. The monoisotopic (exact) mass is 520 g/mol. The van der Waals surface area contributed by atoms with Crippen LogP contribution < -0.4 is 26.6 Å². The number of nitrogens with one attached hydrogen (secondary N) is 3. The Morgan fingerprint density at radius 2 is 1.71 bits per heavy atom. The van der Waals surface area contributed by atoms with Gasteiger partial charge in [0.1, 0.15) is 11.4 Å². The van der Waals surface area contributed by atoms with E-state index in [9.17, 15) is 14.7 Å². The summed E-state index contributed by atoms with van der Waals surface area (Å²) in [6, 6.07) is 11.8. The van der Waals surface area contributed by atoms with Crippen LogP contribution in [0.3, 0.4) is 0 Å². The van der Waals surface area contributed by atoms with Crippen molar-refractivity contribution in [2.75, 3.05) is 61.1 Å². The summed E-state index contributed by atoms with van der Waals surface area (Å²) in [5.74, 6) is -0.588. The Balaban J connectivity index is 2.01. The standard InChI is InChI=1S/C27H36N8O3/c1-5-35(6-2)24-17-22(31-25(37)15-18-7-9-19(36)10-8-18)21(16-23(24)29-13-14-34(3)4)33-27-30-12-11-20(32-27)26(28)38/h7-12,16-17,29,36H,5-6,13-15H2,1-4H3,(H2,28,38)(H,31,37)(H,30,32,33). The fourth-order valence-corrected chi connectivity index (χ4v) is 3.85. The van der Waals surface area contributed by atoms with Gasteiger partial charge in [0.2, 0.25) is 11.9 Å². The summed E-state index contributed by atoms with van der Waals surface area (Å²) < 4.78 is 0. The second-order valence-electron chi connectivity index (χ2n) is 8.96. The molecule has 0 aliphatic heterocycles. The number of phenolic OH excluding ortho intramolecular Hbond substituents is 1. The molecule has 202 valence electrons. The van der Waals surface area contributed by atoms with Crippen LogP contribution in [0.15, 0.2) is 48.7 Å². The number of benzene rings is 2. The zero-order valence-corrected chi connectivity index (χ0v) is 22.3. The van der Waals surface area contributed by atoms with Crippen LogP contribution >= 0.6 is 0 Å². The molecule has 0 aliphatic carbocycles. The number of aromatic nitrogens is 2. The quantitative estimate of drug-likeness (QED) is 0.229.